The number of ether oxygens (including phenoxy) is 2. The van der Waals surface area contributed by atoms with Crippen molar-refractivity contribution in [3.8, 4) is 0 Å². The van der Waals surface area contributed by atoms with Crippen molar-refractivity contribution in [3.05, 3.63) is 83.9 Å². The van der Waals surface area contributed by atoms with Gasteiger partial charge >= 0.3 is 12.2 Å². The standard InChI is InChI=1S/C28H30N2O5/c1-28(2,3)35-27(33)29-20-14-15-21(29)25(23(31)16-20)30-22(17-34-26(30)32)24(18-10-6-4-7-11-18)19-12-8-5-9-13-19/h4-15,20-22,24-25H,16-17H2,1-3H3/t20-,21+,22+,25-/m1/s1. The summed E-state index contributed by atoms with van der Waals surface area (Å²) < 4.78 is 11.2. The molecular weight excluding hydrogens is 444 g/mol. The molecule has 0 aliphatic carbocycles. The summed E-state index contributed by atoms with van der Waals surface area (Å²) in [6.45, 7) is 5.59. The number of fused-ring (bicyclic) bond motifs is 2. The second kappa shape index (κ2) is 8.87. The summed E-state index contributed by atoms with van der Waals surface area (Å²) in [7, 11) is 0. The number of Topliss-reactive ketones (excluding diaryl/α,β-unsaturated/α-hetero) is 1. The maximum absolute atomic E-state index is 13.4. The summed E-state index contributed by atoms with van der Waals surface area (Å²) >= 11 is 0. The van der Waals surface area contributed by atoms with Crippen LogP contribution in [0.4, 0.5) is 9.59 Å². The predicted molar refractivity (Wildman–Crippen MR) is 130 cm³/mol. The second-order valence-electron chi connectivity index (χ2n) is 10.3. The summed E-state index contributed by atoms with van der Waals surface area (Å²) in [5, 5.41) is 0. The number of ketones is 1. The smallest absolute Gasteiger partial charge is 0.411 e. The summed E-state index contributed by atoms with van der Waals surface area (Å²) in [5.74, 6) is -0.275. The van der Waals surface area contributed by atoms with Crippen LogP contribution in [0.2, 0.25) is 0 Å². The van der Waals surface area contributed by atoms with Crippen LogP contribution in [0.25, 0.3) is 0 Å². The van der Waals surface area contributed by atoms with Gasteiger partial charge in [0.25, 0.3) is 0 Å². The van der Waals surface area contributed by atoms with E-state index in [9.17, 15) is 14.4 Å². The number of rotatable bonds is 4. The van der Waals surface area contributed by atoms with E-state index in [2.05, 4.69) is 0 Å². The van der Waals surface area contributed by atoms with Crippen molar-refractivity contribution in [3.63, 3.8) is 0 Å². The number of carbonyl (C=O) groups excluding carboxylic acids is 3. The lowest BCUT2D eigenvalue weighted by atomic mass is 9.83. The van der Waals surface area contributed by atoms with Gasteiger partial charge in [0.15, 0.2) is 5.78 Å². The van der Waals surface area contributed by atoms with Gasteiger partial charge in [-0.05, 0) is 31.9 Å². The van der Waals surface area contributed by atoms with Crippen LogP contribution < -0.4 is 0 Å². The molecule has 3 heterocycles. The van der Waals surface area contributed by atoms with Crippen LogP contribution in [0, 0.1) is 0 Å². The molecule has 35 heavy (non-hydrogen) atoms. The molecule has 0 aromatic heterocycles. The molecule has 5 rings (SSSR count). The maximum atomic E-state index is 13.4. The topological polar surface area (TPSA) is 76.2 Å². The monoisotopic (exact) mass is 474 g/mol. The fourth-order valence-electron chi connectivity index (χ4n) is 5.46. The third kappa shape index (κ3) is 4.31. The molecule has 2 saturated heterocycles. The van der Waals surface area contributed by atoms with E-state index in [4.69, 9.17) is 9.47 Å². The van der Waals surface area contributed by atoms with Crippen LogP contribution in [-0.4, -0.2) is 64.1 Å². The quantitative estimate of drug-likeness (QED) is 0.609. The van der Waals surface area contributed by atoms with Crippen LogP contribution in [0.1, 0.15) is 44.2 Å². The highest BCUT2D eigenvalue weighted by Gasteiger charge is 2.55. The van der Waals surface area contributed by atoms with Gasteiger partial charge in [-0.15, -0.1) is 0 Å². The van der Waals surface area contributed by atoms with Crippen LogP contribution in [-0.2, 0) is 14.3 Å². The number of benzene rings is 2. The second-order valence-corrected chi connectivity index (χ2v) is 10.3. The van der Waals surface area contributed by atoms with Crippen molar-refractivity contribution < 1.29 is 23.9 Å². The lowest BCUT2D eigenvalue weighted by molar-refractivity contribution is -0.129. The number of nitrogens with zero attached hydrogens (tertiary/aromatic N) is 2. The van der Waals surface area contributed by atoms with Crippen LogP contribution >= 0.6 is 0 Å². The summed E-state index contributed by atoms with van der Waals surface area (Å²) in [6.07, 6.45) is 2.84. The number of piperidine rings is 1. The van der Waals surface area contributed by atoms with Gasteiger partial charge < -0.3 is 9.47 Å². The summed E-state index contributed by atoms with van der Waals surface area (Å²) in [4.78, 5) is 42.9. The average molecular weight is 475 g/mol. The van der Waals surface area contributed by atoms with Gasteiger partial charge in [-0.3, -0.25) is 14.6 Å². The molecule has 3 aliphatic rings. The Morgan fingerprint density at radius 1 is 0.971 bits per heavy atom. The van der Waals surface area contributed by atoms with E-state index < -0.39 is 35.9 Å². The molecule has 2 fully saturated rings. The van der Waals surface area contributed by atoms with Gasteiger partial charge in [0.05, 0.1) is 18.1 Å². The Labute approximate surface area is 205 Å². The molecule has 3 aliphatic heterocycles. The first-order valence-electron chi connectivity index (χ1n) is 12.0. The lowest BCUT2D eigenvalue weighted by Gasteiger charge is -2.44. The zero-order chi connectivity index (χ0) is 24.7. The fourth-order valence-corrected chi connectivity index (χ4v) is 5.46. The number of hydrogen-bond donors (Lipinski definition) is 0. The largest absolute Gasteiger partial charge is 0.447 e. The number of cyclic esters (lactones) is 1. The van der Waals surface area contributed by atoms with Gasteiger partial charge in [0.1, 0.15) is 18.2 Å². The van der Waals surface area contributed by atoms with E-state index in [0.717, 1.165) is 11.1 Å². The molecule has 2 amide bonds. The lowest BCUT2D eigenvalue weighted by Crippen LogP contribution is -2.63. The van der Waals surface area contributed by atoms with Gasteiger partial charge in [-0.2, -0.15) is 0 Å². The van der Waals surface area contributed by atoms with Crippen molar-refractivity contribution >= 4 is 18.0 Å². The number of amides is 2. The molecule has 0 spiro atoms. The minimum Gasteiger partial charge on any atom is -0.447 e. The minimum absolute atomic E-state index is 0.0754. The van der Waals surface area contributed by atoms with Gasteiger partial charge in [-0.1, -0.05) is 72.8 Å². The van der Waals surface area contributed by atoms with Gasteiger partial charge in [0.2, 0.25) is 0 Å². The maximum Gasteiger partial charge on any atom is 0.411 e. The Morgan fingerprint density at radius 2 is 1.57 bits per heavy atom. The first kappa shape index (κ1) is 23.1. The van der Waals surface area contributed by atoms with Crippen LogP contribution in [0.3, 0.4) is 0 Å². The molecule has 7 nitrogen and oxygen atoms in total. The zero-order valence-electron chi connectivity index (χ0n) is 20.2. The van der Waals surface area contributed by atoms with E-state index in [0.29, 0.717) is 0 Å². The molecule has 2 aromatic rings. The predicted octanol–water partition coefficient (Wildman–Crippen LogP) is 4.52. The number of hydrogen-bond acceptors (Lipinski definition) is 5. The average Bonchev–Trinajstić information content (AvgIpc) is 3.35. The summed E-state index contributed by atoms with van der Waals surface area (Å²) in [5.41, 5.74) is 1.38. The molecular formula is C28H30N2O5. The molecule has 7 heteroatoms. The highest BCUT2D eigenvalue weighted by Crippen LogP contribution is 2.40. The molecule has 0 unspecified atom stereocenters. The van der Waals surface area contributed by atoms with Crippen molar-refractivity contribution in [1.82, 2.24) is 9.80 Å². The molecule has 2 aromatic carbocycles. The SMILES string of the molecule is CC(C)(C)OC(=O)N1[C@@H]2C=C[C@H]1[C@@H](N1C(=O)OC[C@H]1C(c1ccccc1)c1ccccc1)C(=O)C2. The molecule has 0 radical (unpaired) electrons. The van der Waals surface area contributed by atoms with E-state index in [-0.39, 0.29) is 30.8 Å². The first-order valence-corrected chi connectivity index (χ1v) is 12.0. The van der Waals surface area contributed by atoms with E-state index in [1.807, 2.05) is 93.6 Å². The molecule has 0 saturated carbocycles. The third-order valence-corrected chi connectivity index (χ3v) is 6.82. The van der Waals surface area contributed by atoms with Crippen molar-refractivity contribution in [1.29, 1.82) is 0 Å². The van der Waals surface area contributed by atoms with Crippen molar-refractivity contribution in [2.24, 2.45) is 0 Å². The van der Waals surface area contributed by atoms with Gasteiger partial charge in [-0.25, -0.2) is 9.59 Å². The molecule has 4 atom stereocenters. The van der Waals surface area contributed by atoms with Gasteiger partial charge in [0, 0.05) is 12.3 Å². The Morgan fingerprint density at radius 3 is 2.14 bits per heavy atom. The van der Waals surface area contributed by atoms with Crippen LogP contribution in [0.5, 0.6) is 0 Å². The van der Waals surface area contributed by atoms with E-state index >= 15 is 0 Å². The summed E-state index contributed by atoms with van der Waals surface area (Å²) in [6, 6.07) is 17.7. The Kier molecular flexibility index (Phi) is 5.87. The molecule has 182 valence electrons. The first-order chi connectivity index (χ1) is 16.7. The Bertz CT molecular complexity index is 1100. The highest BCUT2D eigenvalue weighted by molar-refractivity contribution is 5.93. The Hall–Kier alpha value is -3.61. The normalized spacial score (nSPS) is 25.8. The number of carbonyl (C=O) groups is 3. The Balaban J connectivity index is 1.53. The van der Waals surface area contributed by atoms with Crippen LogP contribution in [0.15, 0.2) is 72.8 Å². The minimum atomic E-state index is -0.840. The zero-order valence-corrected chi connectivity index (χ0v) is 20.2. The highest BCUT2D eigenvalue weighted by atomic mass is 16.6. The fraction of sp³-hybridized carbons (Fsp3) is 0.393. The van der Waals surface area contributed by atoms with E-state index in [1.54, 1.807) is 9.80 Å². The molecule has 0 N–H and O–H groups in total. The van der Waals surface area contributed by atoms with Crippen molar-refractivity contribution in [2.45, 2.75) is 62.9 Å². The third-order valence-electron chi connectivity index (χ3n) is 6.82. The van der Waals surface area contributed by atoms with E-state index in [1.165, 1.54) is 0 Å². The molecule has 2 bridgehead atoms. The van der Waals surface area contributed by atoms with Crippen molar-refractivity contribution in [2.75, 3.05) is 6.61 Å².